The van der Waals surface area contributed by atoms with Crippen LogP contribution in [0.1, 0.15) is 27.0 Å². The fourth-order valence-corrected chi connectivity index (χ4v) is 4.79. The van der Waals surface area contributed by atoms with Gasteiger partial charge in [0, 0.05) is 61.0 Å². The van der Waals surface area contributed by atoms with Gasteiger partial charge in [0.15, 0.2) is 0 Å². The fraction of sp³-hybridized carbons (Fsp3) is 0.310. The molecule has 3 heterocycles. The number of anilines is 4. The number of carbonyl (C=O) groups is 1. The Morgan fingerprint density at radius 3 is 2.67 bits per heavy atom. The van der Waals surface area contributed by atoms with E-state index in [4.69, 9.17) is 4.74 Å². The molecule has 1 aliphatic heterocycles. The largest absolute Gasteiger partial charge is 0.416 e. The first-order valence-electron chi connectivity index (χ1n) is 13.1. The smallest absolute Gasteiger partial charge is 0.382 e. The molecule has 210 valence electrons. The predicted octanol–water partition coefficient (Wildman–Crippen LogP) is 5.94. The van der Waals surface area contributed by atoms with Gasteiger partial charge >= 0.3 is 6.18 Å². The summed E-state index contributed by atoms with van der Waals surface area (Å²) >= 11 is 0. The second kappa shape index (κ2) is 11.6. The topological polar surface area (TPSA) is 94.3 Å². The summed E-state index contributed by atoms with van der Waals surface area (Å²) < 4.78 is 45.5. The van der Waals surface area contributed by atoms with E-state index in [0.717, 1.165) is 36.7 Å². The maximum Gasteiger partial charge on any atom is 0.416 e. The van der Waals surface area contributed by atoms with Crippen LogP contribution in [0.4, 0.5) is 35.9 Å². The van der Waals surface area contributed by atoms with Crippen LogP contribution in [0.3, 0.4) is 0 Å². The minimum atomic E-state index is -4.45. The summed E-state index contributed by atoms with van der Waals surface area (Å²) in [5, 5.41) is 10.3. The molecule has 4 N–H and O–H groups in total. The molecule has 0 radical (unpaired) electrons. The molecule has 4 aromatic rings. The van der Waals surface area contributed by atoms with Gasteiger partial charge in [0.2, 0.25) is 0 Å². The number of halogens is 3. The normalized spacial score (nSPS) is 14.3. The van der Waals surface area contributed by atoms with E-state index in [1.54, 1.807) is 30.5 Å². The van der Waals surface area contributed by atoms with Crippen molar-refractivity contribution in [1.29, 1.82) is 0 Å². The molecular weight excluding hydrogens is 521 g/mol. The molecule has 0 unspecified atom stereocenters. The van der Waals surface area contributed by atoms with Crippen LogP contribution in [0.15, 0.2) is 54.9 Å². The lowest BCUT2D eigenvalue weighted by atomic mass is 10.1. The number of alkyl halides is 3. The quantitative estimate of drug-likeness (QED) is 0.216. The fourth-order valence-electron chi connectivity index (χ4n) is 4.79. The molecule has 0 saturated carbocycles. The summed E-state index contributed by atoms with van der Waals surface area (Å²) in [6, 6.07) is 11.2. The highest BCUT2D eigenvalue weighted by molar-refractivity contribution is 6.12. The summed E-state index contributed by atoms with van der Waals surface area (Å²) in [6.07, 6.45) is -1.13. The summed E-state index contributed by atoms with van der Waals surface area (Å²) in [4.78, 5) is 23.3. The number of ether oxygens (including phenoxy) is 1. The number of amides is 1. The van der Waals surface area contributed by atoms with Gasteiger partial charge in [-0.05, 0) is 55.3 Å². The number of aromatic nitrogens is 2. The number of pyridine rings is 1. The van der Waals surface area contributed by atoms with Gasteiger partial charge in [-0.25, -0.2) is 4.98 Å². The Kier molecular flexibility index (Phi) is 7.95. The minimum absolute atomic E-state index is 0.0971. The molecule has 40 heavy (non-hydrogen) atoms. The highest BCUT2D eigenvalue weighted by Crippen LogP contribution is 2.36. The summed E-state index contributed by atoms with van der Waals surface area (Å²) in [5.41, 5.74) is 3.37. The Hall–Kier alpha value is -4.09. The lowest BCUT2D eigenvalue weighted by molar-refractivity contribution is -0.138. The second-order valence-electron chi connectivity index (χ2n) is 9.75. The Morgan fingerprint density at radius 2 is 1.90 bits per heavy atom. The van der Waals surface area contributed by atoms with E-state index in [-0.39, 0.29) is 11.5 Å². The number of nitrogens with zero attached hydrogens (tertiary/aromatic N) is 2. The molecule has 0 aliphatic carbocycles. The van der Waals surface area contributed by atoms with Gasteiger partial charge in [0.25, 0.3) is 5.91 Å². The number of hydrogen-bond acceptors (Lipinski definition) is 6. The number of rotatable bonds is 8. The van der Waals surface area contributed by atoms with Crippen molar-refractivity contribution in [3.63, 3.8) is 0 Å². The highest BCUT2D eigenvalue weighted by atomic mass is 19.4. The van der Waals surface area contributed by atoms with Crippen LogP contribution in [0.2, 0.25) is 0 Å². The third kappa shape index (κ3) is 6.05. The minimum Gasteiger partial charge on any atom is -0.382 e. The van der Waals surface area contributed by atoms with Crippen molar-refractivity contribution < 1.29 is 22.7 Å². The molecular formula is C29H31F3N6O2. The van der Waals surface area contributed by atoms with Gasteiger partial charge in [-0.15, -0.1) is 0 Å². The number of aryl methyl sites for hydroxylation is 1. The van der Waals surface area contributed by atoms with Crippen LogP contribution in [0.25, 0.3) is 11.0 Å². The molecule has 0 atom stereocenters. The molecule has 8 nitrogen and oxygen atoms in total. The van der Waals surface area contributed by atoms with Crippen LogP contribution in [-0.2, 0) is 10.9 Å². The zero-order valence-electron chi connectivity index (χ0n) is 22.3. The number of hydrogen-bond donors (Lipinski definition) is 4. The molecule has 1 fully saturated rings. The van der Waals surface area contributed by atoms with Crippen LogP contribution < -0.4 is 16.0 Å². The van der Waals surface area contributed by atoms with Crippen molar-refractivity contribution >= 4 is 39.7 Å². The van der Waals surface area contributed by atoms with Crippen molar-refractivity contribution in [3.8, 4) is 0 Å². The predicted molar refractivity (Wildman–Crippen MR) is 150 cm³/mol. The third-order valence-corrected chi connectivity index (χ3v) is 7.07. The van der Waals surface area contributed by atoms with Gasteiger partial charge in [0.1, 0.15) is 5.65 Å². The van der Waals surface area contributed by atoms with E-state index in [9.17, 15) is 18.0 Å². The standard InChI is InChI=1S/C29H31F3N6O2/c1-18-6-7-20(36-24-5-3-4-23(19(24)2)29(30,31)32)16-25(18)37-28(39)22-17-35-27-21(8-9-34-27)26(22)33-10-11-38-12-14-40-15-13-38/h3-9,16-17,36H,10-15H2,1-2H3,(H,37,39)(H2,33,34,35). The number of fused-ring (bicyclic) bond motifs is 1. The summed E-state index contributed by atoms with van der Waals surface area (Å²) in [6.45, 7) is 7.89. The van der Waals surface area contributed by atoms with Crippen molar-refractivity contribution in [1.82, 2.24) is 14.9 Å². The first kappa shape index (κ1) is 27.5. The molecule has 5 rings (SSSR count). The molecule has 1 saturated heterocycles. The summed E-state index contributed by atoms with van der Waals surface area (Å²) in [5.74, 6) is -0.347. The van der Waals surface area contributed by atoms with E-state index < -0.39 is 11.7 Å². The highest BCUT2D eigenvalue weighted by Gasteiger charge is 2.33. The van der Waals surface area contributed by atoms with Crippen LogP contribution in [-0.4, -0.2) is 60.2 Å². The molecule has 0 spiro atoms. The number of carbonyl (C=O) groups excluding carboxylic acids is 1. The van der Waals surface area contributed by atoms with E-state index in [1.807, 2.05) is 13.0 Å². The van der Waals surface area contributed by atoms with Gasteiger partial charge in [-0.3, -0.25) is 9.69 Å². The van der Waals surface area contributed by atoms with E-state index in [0.29, 0.717) is 53.7 Å². The van der Waals surface area contributed by atoms with Gasteiger partial charge in [0.05, 0.1) is 30.0 Å². The molecule has 1 amide bonds. The molecule has 0 bridgehead atoms. The maximum atomic E-state index is 13.5. The first-order chi connectivity index (χ1) is 19.2. The van der Waals surface area contributed by atoms with Crippen molar-refractivity contribution in [3.05, 3.63) is 77.1 Å². The average Bonchev–Trinajstić information content (AvgIpc) is 3.41. The maximum absolute atomic E-state index is 13.5. The van der Waals surface area contributed by atoms with Crippen LogP contribution in [0.5, 0.6) is 0 Å². The van der Waals surface area contributed by atoms with E-state index in [2.05, 4.69) is 30.8 Å². The third-order valence-electron chi connectivity index (χ3n) is 7.07. The van der Waals surface area contributed by atoms with Crippen LogP contribution >= 0.6 is 0 Å². The molecule has 2 aromatic heterocycles. The molecule has 1 aliphatic rings. The van der Waals surface area contributed by atoms with Crippen LogP contribution in [0, 0.1) is 13.8 Å². The lowest BCUT2D eigenvalue weighted by Crippen LogP contribution is -2.39. The average molecular weight is 553 g/mol. The van der Waals surface area contributed by atoms with Gasteiger partial charge in [-0.2, -0.15) is 13.2 Å². The number of morpholine rings is 1. The first-order valence-corrected chi connectivity index (χ1v) is 13.1. The van der Waals surface area contributed by atoms with E-state index in [1.165, 1.54) is 19.2 Å². The van der Waals surface area contributed by atoms with Crippen molar-refractivity contribution in [2.75, 3.05) is 55.3 Å². The number of benzene rings is 2. The Labute approximate surface area is 229 Å². The van der Waals surface area contributed by atoms with Crippen molar-refractivity contribution in [2.24, 2.45) is 0 Å². The summed E-state index contributed by atoms with van der Waals surface area (Å²) in [7, 11) is 0. The second-order valence-corrected chi connectivity index (χ2v) is 9.75. The number of H-pyrrole nitrogens is 1. The molecule has 11 heteroatoms. The zero-order chi connectivity index (χ0) is 28.3. The van der Waals surface area contributed by atoms with E-state index >= 15 is 0 Å². The Bertz CT molecular complexity index is 1510. The SMILES string of the molecule is Cc1ccc(Nc2cccc(C(F)(F)F)c2C)cc1NC(=O)c1cnc2[nH]ccc2c1NCCN1CCOCC1. The monoisotopic (exact) mass is 552 g/mol. The Morgan fingerprint density at radius 1 is 1.10 bits per heavy atom. The zero-order valence-corrected chi connectivity index (χ0v) is 22.3. The van der Waals surface area contributed by atoms with Crippen molar-refractivity contribution in [2.45, 2.75) is 20.0 Å². The lowest BCUT2D eigenvalue weighted by Gasteiger charge is -2.26. The van der Waals surface area contributed by atoms with Gasteiger partial charge < -0.3 is 25.7 Å². The molecule has 2 aromatic carbocycles. The Balaban J connectivity index is 1.36. The number of aromatic amines is 1. The number of nitrogens with one attached hydrogen (secondary N) is 4. The van der Waals surface area contributed by atoms with Gasteiger partial charge in [-0.1, -0.05) is 12.1 Å².